The number of nitrogens with zero attached hydrogens (tertiary/aromatic N) is 2. The summed E-state index contributed by atoms with van der Waals surface area (Å²) in [4.78, 5) is 16.0. The molecule has 31 heavy (non-hydrogen) atoms. The third-order valence-electron chi connectivity index (χ3n) is 5.11. The summed E-state index contributed by atoms with van der Waals surface area (Å²) in [6.45, 7) is 1.16. The molecule has 2 aliphatic heterocycles. The lowest BCUT2D eigenvalue weighted by atomic mass is 10.1. The molecule has 5 heterocycles. The largest absolute Gasteiger partial charge is 0.368 e. The molecule has 156 valence electrons. The summed E-state index contributed by atoms with van der Waals surface area (Å²) >= 11 is 0. The van der Waals surface area contributed by atoms with Gasteiger partial charge in [0.2, 0.25) is 0 Å². The van der Waals surface area contributed by atoms with Gasteiger partial charge in [0.05, 0.1) is 28.9 Å². The van der Waals surface area contributed by atoms with E-state index in [-0.39, 0.29) is 0 Å². The molecule has 0 aromatic carbocycles. The first-order valence-electron chi connectivity index (χ1n) is 10.00. The zero-order valence-electron chi connectivity index (χ0n) is 16.8. The van der Waals surface area contributed by atoms with E-state index in [0.29, 0.717) is 0 Å². The van der Waals surface area contributed by atoms with Gasteiger partial charge in [-0.1, -0.05) is 0 Å². The van der Waals surface area contributed by atoms with Crippen molar-refractivity contribution in [3.8, 4) is 0 Å². The van der Waals surface area contributed by atoms with Gasteiger partial charge in [0.25, 0.3) is 6.43 Å². The van der Waals surface area contributed by atoms with Crippen LogP contribution in [0, 0.1) is 0 Å². The van der Waals surface area contributed by atoms with Crippen LogP contribution in [0.5, 0.6) is 0 Å². The molecule has 0 aliphatic carbocycles. The second-order valence-electron chi connectivity index (χ2n) is 7.50. The molecule has 0 radical (unpaired) electrons. The maximum Gasteiger partial charge on any atom is 0.261 e. The van der Waals surface area contributed by atoms with Crippen LogP contribution in [0.15, 0.2) is 42.5 Å². The van der Waals surface area contributed by atoms with Gasteiger partial charge in [-0.05, 0) is 73.7 Å². The van der Waals surface area contributed by atoms with E-state index in [1.807, 2.05) is 66.8 Å². The minimum Gasteiger partial charge on any atom is -0.368 e. The molecule has 0 saturated carbocycles. The van der Waals surface area contributed by atoms with E-state index in [9.17, 15) is 8.78 Å². The Bertz CT molecular complexity index is 1350. The number of hydrogen-bond donors (Lipinski definition) is 2. The first-order chi connectivity index (χ1) is 15.0. The number of halogens is 2. The zero-order chi connectivity index (χ0) is 21.4. The Morgan fingerprint density at radius 1 is 0.774 bits per heavy atom. The van der Waals surface area contributed by atoms with Crippen LogP contribution in [-0.4, -0.2) is 33.0 Å². The smallest absolute Gasteiger partial charge is 0.261 e. The average Bonchev–Trinajstić information content (AvgIpc) is 3.51. The maximum atomic E-state index is 12.6. The van der Waals surface area contributed by atoms with Crippen molar-refractivity contribution in [2.45, 2.75) is 19.5 Å². The molecular formula is C24H20F2N4O. The van der Waals surface area contributed by atoms with Crippen LogP contribution in [0.25, 0.3) is 46.4 Å². The second kappa shape index (κ2) is 7.92. The highest BCUT2D eigenvalue weighted by Gasteiger charge is 2.14. The van der Waals surface area contributed by atoms with Gasteiger partial charge in [-0.15, -0.1) is 0 Å². The molecule has 7 heteroatoms. The van der Waals surface area contributed by atoms with E-state index in [4.69, 9.17) is 4.74 Å². The van der Waals surface area contributed by atoms with Gasteiger partial charge < -0.3 is 14.7 Å². The highest BCUT2D eigenvalue weighted by atomic mass is 19.3. The summed E-state index contributed by atoms with van der Waals surface area (Å²) in [7, 11) is 0. The van der Waals surface area contributed by atoms with Crippen molar-refractivity contribution in [2.75, 3.05) is 6.61 Å². The van der Waals surface area contributed by atoms with Crippen LogP contribution in [0.4, 0.5) is 8.78 Å². The van der Waals surface area contributed by atoms with Crippen molar-refractivity contribution >= 4 is 46.4 Å². The molecular weight excluding hydrogens is 398 g/mol. The first kappa shape index (κ1) is 19.4. The van der Waals surface area contributed by atoms with Crippen molar-refractivity contribution in [3.05, 3.63) is 70.8 Å². The third-order valence-corrected chi connectivity index (χ3v) is 5.11. The molecule has 0 fully saturated rings. The minimum atomic E-state index is -2.51. The Balaban J connectivity index is 1.73. The zero-order valence-corrected chi connectivity index (χ0v) is 16.8. The quantitative estimate of drug-likeness (QED) is 0.376. The lowest BCUT2D eigenvalue weighted by Crippen LogP contribution is -2.07. The Labute approximate surface area is 177 Å². The fourth-order valence-corrected chi connectivity index (χ4v) is 3.68. The van der Waals surface area contributed by atoms with Gasteiger partial charge in [-0.25, -0.2) is 18.7 Å². The second-order valence-corrected chi connectivity index (χ2v) is 7.50. The SMILES string of the molecule is CC(OCC(F)F)c1cc2cc3nc(cc4ccc(cc5nc(cc1[nH]2)C=C5)[nH]4)C=C3. The van der Waals surface area contributed by atoms with E-state index >= 15 is 0 Å². The number of rotatable bonds is 4. The average molecular weight is 418 g/mol. The summed E-state index contributed by atoms with van der Waals surface area (Å²) in [5.41, 5.74) is 7.49. The van der Waals surface area contributed by atoms with Crippen LogP contribution in [0.2, 0.25) is 0 Å². The van der Waals surface area contributed by atoms with Gasteiger partial charge in [-0.2, -0.15) is 0 Å². The van der Waals surface area contributed by atoms with Crippen LogP contribution in [0.1, 0.15) is 41.4 Å². The monoisotopic (exact) mass is 418 g/mol. The molecule has 0 spiro atoms. The van der Waals surface area contributed by atoms with E-state index in [2.05, 4.69) is 19.9 Å². The first-order valence-corrected chi connectivity index (χ1v) is 10.00. The number of fused-ring (bicyclic) bond motifs is 8. The molecule has 2 aliphatic rings. The molecule has 8 bridgehead atoms. The predicted molar refractivity (Wildman–Crippen MR) is 119 cm³/mol. The molecule has 1 atom stereocenters. The number of H-pyrrole nitrogens is 2. The van der Waals surface area contributed by atoms with Crippen molar-refractivity contribution < 1.29 is 13.5 Å². The standard InChI is InChI=1S/C24H20F2N4O/c1-14(31-13-24(25)26)22-11-21-10-19-5-4-17(28-19)8-15-2-3-16(27-15)9-18-6-7-20(29-18)12-23(22)30-21/h2-12,14,24,27,30H,13H2,1H3. The van der Waals surface area contributed by atoms with Crippen LogP contribution in [-0.2, 0) is 4.74 Å². The van der Waals surface area contributed by atoms with Gasteiger partial charge in [-0.3, -0.25) is 0 Å². The number of ether oxygens (including phenoxy) is 1. The van der Waals surface area contributed by atoms with Gasteiger partial charge in [0, 0.05) is 27.6 Å². The topological polar surface area (TPSA) is 66.6 Å². The molecule has 5 rings (SSSR count). The molecule has 5 nitrogen and oxygen atoms in total. The predicted octanol–water partition coefficient (Wildman–Crippen LogP) is 6.00. The molecule has 1 unspecified atom stereocenters. The van der Waals surface area contributed by atoms with Gasteiger partial charge >= 0.3 is 0 Å². The Morgan fingerprint density at radius 2 is 1.32 bits per heavy atom. The lowest BCUT2D eigenvalue weighted by molar-refractivity contribution is -0.0176. The van der Waals surface area contributed by atoms with E-state index in [1.54, 1.807) is 6.92 Å². The number of aromatic amines is 2. The normalized spacial score (nSPS) is 13.8. The Kier molecular flexibility index (Phi) is 4.95. The van der Waals surface area contributed by atoms with Crippen molar-refractivity contribution in [2.24, 2.45) is 0 Å². The highest BCUT2D eigenvalue weighted by molar-refractivity contribution is 5.78. The highest BCUT2D eigenvalue weighted by Crippen LogP contribution is 2.26. The fourth-order valence-electron chi connectivity index (χ4n) is 3.68. The summed E-state index contributed by atoms with van der Waals surface area (Å²) in [5.74, 6) is 0. The summed E-state index contributed by atoms with van der Waals surface area (Å²) in [5, 5.41) is 0. The molecule has 3 aromatic heterocycles. The number of hydrogen-bond acceptors (Lipinski definition) is 3. The van der Waals surface area contributed by atoms with Crippen LogP contribution in [0.3, 0.4) is 0 Å². The fraction of sp³-hybridized carbons (Fsp3) is 0.167. The third kappa shape index (κ3) is 4.32. The minimum absolute atomic E-state index is 0.504. The van der Waals surface area contributed by atoms with E-state index in [0.717, 1.165) is 50.4 Å². The Hall–Kier alpha value is -3.58. The van der Waals surface area contributed by atoms with E-state index < -0.39 is 19.1 Å². The lowest BCUT2D eigenvalue weighted by Gasteiger charge is -2.11. The Morgan fingerprint density at radius 3 is 1.90 bits per heavy atom. The summed E-state index contributed by atoms with van der Waals surface area (Å²) in [6, 6.07) is 13.7. The molecule has 2 N–H and O–H groups in total. The van der Waals surface area contributed by atoms with Gasteiger partial charge in [0.15, 0.2) is 0 Å². The summed E-state index contributed by atoms with van der Waals surface area (Å²) in [6.07, 6.45) is 4.72. The summed E-state index contributed by atoms with van der Waals surface area (Å²) < 4.78 is 30.7. The van der Waals surface area contributed by atoms with Crippen LogP contribution < -0.4 is 0 Å². The van der Waals surface area contributed by atoms with Crippen molar-refractivity contribution in [1.82, 2.24) is 19.9 Å². The van der Waals surface area contributed by atoms with E-state index in [1.165, 1.54) is 0 Å². The number of nitrogens with one attached hydrogen (secondary N) is 2. The van der Waals surface area contributed by atoms with Crippen molar-refractivity contribution in [3.63, 3.8) is 0 Å². The molecule has 0 amide bonds. The maximum absolute atomic E-state index is 12.6. The van der Waals surface area contributed by atoms with Gasteiger partial charge in [0.1, 0.15) is 6.61 Å². The number of aromatic nitrogens is 4. The van der Waals surface area contributed by atoms with Crippen molar-refractivity contribution in [1.29, 1.82) is 0 Å². The molecule has 3 aromatic rings. The molecule has 0 saturated heterocycles. The number of alkyl halides is 2. The van der Waals surface area contributed by atoms with Crippen LogP contribution >= 0.6 is 0 Å².